The second kappa shape index (κ2) is 10.7. The van der Waals surface area contributed by atoms with Crippen LogP contribution in [-0.4, -0.2) is 58.9 Å². The Morgan fingerprint density at radius 2 is 1.60 bits per heavy atom. The van der Waals surface area contributed by atoms with Crippen molar-refractivity contribution in [2.45, 2.75) is 18.2 Å². The van der Waals surface area contributed by atoms with Gasteiger partial charge in [-0.1, -0.05) is 12.1 Å². The summed E-state index contributed by atoms with van der Waals surface area (Å²) in [5.74, 6) is 1.05. The predicted octanol–water partition coefficient (Wildman–Crippen LogP) is 2.10. The minimum Gasteiger partial charge on any atom is -0.497 e. The number of carbonyl (C=O) groups excluding carboxylic acids is 2. The number of ether oxygens (including phenoxy) is 2. The highest BCUT2D eigenvalue weighted by molar-refractivity contribution is 7.89. The number of hydrogen-bond acceptors (Lipinski definition) is 6. The molecule has 0 radical (unpaired) electrons. The molecular weight excluding hydrogens is 408 g/mol. The highest BCUT2D eigenvalue weighted by Gasteiger charge is 2.16. The Hall–Kier alpha value is -2.91. The van der Waals surface area contributed by atoms with E-state index in [2.05, 4.69) is 4.72 Å². The molecule has 0 spiro atoms. The van der Waals surface area contributed by atoms with Gasteiger partial charge in [0.15, 0.2) is 5.78 Å². The van der Waals surface area contributed by atoms with Crippen LogP contribution in [0.5, 0.6) is 11.5 Å². The van der Waals surface area contributed by atoms with Gasteiger partial charge in [-0.2, -0.15) is 0 Å². The van der Waals surface area contributed by atoms with Crippen LogP contribution < -0.4 is 14.2 Å². The van der Waals surface area contributed by atoms with Crippen LogP contribution in [0.2, 0.25) is 0 Å². The number of ketones is 1. The van der Waals surface area contributed by atoms with Gasteiger partial charge in [0.05, 0.1) is 18.6 Å². The summed E-state index contributed by atoms with van der Waals surface area (Å²) < 4.78 is 37.6. The molecule has 0 heterocycles. The van der Waals surface area contributed by atoms with Gasteiger partial charge >= 0.3 is 0 Å². The third-order valence-electron chi connectivity index (χ3n) is 4.38. The van der Waals surface area contributed by atoms with E-state index in [1.165, 1.54) is 36.1 Å². The summed E-state index contributed by atoms with van der Waals surface area (Å²) in [5.41, 5.74) is 0.433. The van der Waals surface area contributed by atoms with Gasteiger partial charge in [0.1, 0.15) is 18.1 Å². The van der Waals surface area contributed by atoms with E-state index in [9.17, 15) is 18.0 Å². The van der Waals surface area contributed by atoms with Crippen LogP contribution in [0, 0.1) is 0 Å². The fourth-order valence-corrected chi connectivity index (χ4v) is 3.56. The molecule has 8 nitrogen and oxygen atoms in total. The van der Waals surface area contributed by atoms with E-state index in [4.69, 9.17) is 9.47 Å². The quantitative estimate of drug-likeness (QED) is 0.544. The van der Waals surface area contributed by atoms with Gasteiger partial charge in [0.25, 0.3) is 0 Å². The number of methoxy groups -OCH3 is 1. The number of nitrogens with zero attached hydrogens (tertiary/aromatic N) is 1. The molecule has 0 saturated heterocycles. The normalized spacial score (nSPS) is 11.0. The number of rotatable bonds is 11. The van der Waals surface area contributed by atoms with Crippen molar-refractivity contribution in [3.8, 4) is 11.5 Å². The van der Waals surface area contributed by atoms with E-state index in [1.54, 1.807) is 38.4 Å². The van der Waals surface area contributed by atoms with E-state index < -0.39 is 10.0 Å². The van der Waals surface area contributed by atoms with Crippen LogP contribution in [0.3, 0.4) is 0 Å². The van der Waals surface area contributed by atoms with Crippen LogP contribution in [0.4, 0.5) is 0 Å². The zero-order valence-electron chi connectivity index (χ0n) is 17.3. The molecule has 0 aliphatic rings. The molecule has 1 N–H and O–H groups in total. The van der Waals surface area contributed by atoms with Crippen molar-refractivity contribution in [1.29, 1.82) is 0 Å². The number of hydrogen-bond donors (Lipinski definition) is 1. The molecule has 0 fully saturated rings. The Balaban J connectivity index is 1.75. The van der Waals surface area contributed by atoms with Crippen molar-refractivity contribution in [2.24, 2.45) is 0 Å². The van der Waals surface area contributed by atoms with Crippen molar-refractivity contribution in [1.82, 2.24) is 9.62 Å². The van der Waals surface area contributed by atoms with Gasteiger partial charge in [-0.25, -0.2) is 13.1 Å². The summed E-state index contributed by atoms with van der Waals surface area (Å²) in [4.78, 5) is 25.0. The SMILES string of the molecule is COc1ccc(OCCN(C)C(=O)CCNS(=O)(=O)c2ccc(C(C)=O)cc2)cc1. The highest BCUT2D eigenvalue weighted by atomic mass is 32.2. The molecule has 2 aromatic rings. The molecular formula is C21H26N2O6S. The smallest absolute Gasteiger partial charge is 0.240 e. The van der Waals surface area contributed by atoms with E-state index >= 15 is 0 Å². The average molecular weight is 435 g/mol. The molecule has 0 unspecified atom stereocenters. The molecule has 0 bridgehead atoms. The predicted molar refractivity (Wildman–Crippen MR) is 112 cm³/mol. The highest BCUT2D eigenvalue weighted by Crippen LogP contribution is 2.17. The molecule has 2 rings (SSSR count). The van der Waals surface area contributed by atoms with Gasteiger partial charge in [-0.05, 0) is 43.3 Å². The Morgan fingerprint density at radius 3 is 2.17 bits per heavy atom. The summed E-state index contributed by atoms with van der Waals surface area (Å²) in [6, 6.07) is 12.8. The molecule has 0 aliphatic heterocycles. The number of benzene rings is 2. The van der Waals surface area contributed by atoms with E-state index in [0.29, 0.717) is 24.5 Å². The first-order valence-corrected chi connectivity index (χ1v) is 10.8. The largest absolute Gasteiger partial charge is 0.497 e. The van der Waals surface area contributed by atoms with Crippen LogP contribution in [0.1, 0.15) is 23.7 Å². The van der Waals surface area contributed by atoms with Gasteiger partial charge in [0, 0.05) is 25.6 Å². The second-order valence-electron chi connectivity index (χ2n) is 6.57. The summed E-state index contributed by atoms with van der Waals surface area (Å²) >= 11 is 0. The molecule has 0 atom stereocenters. The van der Waals surface area contributed by atoms with Gasteiger partial charge in [0.2, 0.25) is 15.9 Å². The molecule has 0 saturated carbocycles. The number of carbonyl (C=O) groups is 2. The first-order chi connectivity index (χ1) is 14.2. The molecule has 2 aromatic carbocycles. The zero-order valence-corrected chi connectivity index (χ0v) is 18.1. The van der Waals surface area contributed by atoms with Crippen molar-refractivity contribution in [2.75, 3.05) is 33.9 Å². The van der Waals surface area contributed by atoms with E-state index in [0.717, 1.165) is 5.75 Å². The molecule has 162 valence electrons. The van der Waals surface area contributed by atoms with Gasteiger partial charge in [-0.3, -0.25) is 9.59 Å². The third-order valence-corrected chi connectivity index (χ3v) is 5.86. The fourth-order valence-electron chi connectivity index (χ4n) is 2.53. The number of nitrogens with one attached hydrogen (secondary N) is 1. The Morgan fingerprint density at radius 1 is 1.00 bits per heavy atom. The Labute approximate surface area is 176 Å². The van der Waals surface area contributed by atoms with Crippen LogP contribution in [-0.2, 0) is 14.8 Å². The molecule has 0 aromatic heterocycles. The lowest BCUT2D eigenvalue weighted by Crippen LogP contribution is -2.34. The summed E-state index contributed by atoms with van der Waals surface area (Å²) in [5, 5.41) is 0. The Bertz CT molecular complexity index is 956. The fraction of sp³-hybridized carbons (Fsp3) is 0.333. The van der Waals surface area contributed by atoms with Gasteiger partial charge < -0.3 is 14.4 Å². The lowest BCUT2D eigenvalue weighted by atomic mass is 10.2. The maximum atomic E-state index is 12.3. The monoisotopic (exact) mass is 434 g/mol. The maximum absolute atomic E-state index is 12.3. The summed E-state index contributed by atoms with van der Waals surface area (Å²) in [6.07, 6.45) is 0.0177. The summed E-state index contributed by atoms with van der Waals surface area (Å²) in [7, 11) is -0.532. The van der Waals surface area contributed by atoms with Crippen LogP contribution in [0.25, 0.3) is 0 Å². The third kappa shape index (κ3) is 6.85. The molecule has 0 aliphatic carbocycles. The molecule has 30 heavy (non-hydrogen) atoms. The van der Waals surface area contributed by atoms with Crippen molar-refractivity contribution in [3.63, 3.8) is 0 Å². The minimum absolute atomic E-state index is 0.0177. The van der Waals surface area contributed by atoms with E-state index in [-0.39, 0.29) is 29.6 Å². The number of sulfonamides is 1. The van der Waals surface area contributed by atoms with Crippen molar-refractivity contribution in [3.05, 3.63) is 54.1 Å². The van der Waals surface area contributed by atoms with Gasteiger partial charge in [-0.15, -0.1) is 0 Å². The molecule has 1 amide bonds. The average Bonchev–Trinajstić information content (AvgIpc) is 2.74. The maximum Gasteiger partial charge on any atom is 0.240 e. The first-order valence-electron chi connectivity index (χ1n) is 9.34. The number of amides is 1. The number of likely N-dealkylation sites (N-methyl/N-ethyl adjacent to an activating group) is 1. The first kappa shape index (κ1) is 23.4. The van der Waals surface area contributed by atoms with Crippen LogP contribution >= 0.6 is 0 Å². The van der Waals surface area contributed by atoms with Crippen molar-refractivity contribution >= 4 is 21.7 Å². The lowest BCUT2D eigenvalue weighted by Gasteiger charge is -2.18. The second-order valence-corrected chi connectivity index (χ2v) is 8.33. The van der Waals surface area contributed by atoms with E-state index in [1.807, 2.05) is 0 Å². The number of Topliss-reactive ketones (excluding diaryl/α,β-unsaturated/α-hetero) is 1. The van der Waals surface area contributed by atoms with Crippen molar-refractivity contribution < 1.29 is 27.5 Å². The lowest BCUT2D eigenvalue weighted by molar-refractivity contribution is -0.130. The minimum atomic E-state index is -3.75. The summed E-state index contributed by atoms with van der Waals surface area (Å²) in [6.45, 7) is 2.05. The zero-order chi connectivity index (χ0) is 22.1. The van der Waals surface area contributed by atoms with Crippen LogP contribution in [0.15, 0.2) is 53.4 Å². The molecule has 9 heteroatoms. The Kier molecular flexibility index (Phi) is 8.37. The topological polar surface area (TPSA) is 102 Å². The standard InChI is InChI=1S/C21H26N2O6S/c1-16(24)17-4-10-20(11-5-17)30(26,27)22-13-12-21(25)23(2)14-15-29-19-8-6-18(28-3)7-9-19/h4-11,22H,12-15H2,1-3H3.